The fraction of sp³-hybridized carbons (Fsp3) is 0.188. The third kappa shape index (κ3) is 3.11. The molecule has 0 heterocycles. The van der Waals surface area contributed by atoms with E-state index in [2.05, 4.69) is 0 Å². The van der Waals surface area contributed by atoms with Gasteiger partial charge in [-0.15, -0.1) is 0 Å². The monoisotopic (exact) mass is 290 g/mol. The summed E-state index contributed by atoms with van der Waals surface area (Å²) in [5.74, 6) is -0.842. The molecule has 4 heteroatoms. The molecule has 0 bridgehead atoms. The second-order valence-electron chi connectivity index (χ2n) is 4.64. The number of rotatable bonds is 4. The van der Waals surface area contributed by atoms with Crippen molar-refractivity contribution in [2.45, 2.75) is 20.5 Å². The molecule has 2 aromatic rings. The van der Waals surface area contributed by atoms with Crippen molar-refractivity contribution in [3.8, 4) is 5.75 Å². The highest BCUT2D eigenvalue weighted by Crippen LogP contribution is 2.29. The van der Waals surface area contributed by atoms with Gasteiger partial charge in [0.25, 0.3) is 0 Å². The molecule has 0 amide bonds. The number of halogens is 1. The molecule has 0 saturated heterocycles. The summed E-state index contributed by atoms with van der Waals surface area (Å²) in [6, 6.07) is 10.7. The van der Waals surface area contributed by atoms with Crippen LogP contribution in [0.15, 0.2) is 36.4 Å². The molecule has 0 spiro atoms. The van der Waals surface area contributed by atoms with E-state index in [9.17, 15) is 4.79 Å². The molecule has 2 rings (SSSR count). The van der Waals surface area contributed by atoms with E-state index in [0.29, 0.717) is 5.02 Å². The number of benzene rings is 2. The average molecular weight is 291 g/mol. The standard InChI is InChI=1S/C16H15ClO3/c1-10-6-7-11(2)12(8-10)9-20-15-13(16(18)19)4-3-5-14(15)17/h3-8H,9H2,1-2H3,(H,18,19). The molecule has 20 heavy (non-hydrogen) atoms. The number of ether oxygens (including phenoxy) is 1. The topological polar surface area (TPSA) is 46.5 Å². The molecule has 0 saturated carbocycles. The van der Waals surface area contributed by atoms with Crippen LogP contribution >= 0.6 is 11.6 Å². The number of hydrogen-bond donors (Lipinski definition) is 1. The maximum absolute atomic E-state index is 11.2. The van der Waals surface area contributed by atoms with Crippen LogP contribution in [0.2, 0.25) is 5.02 Å². The smallest absolute Gasteiger partial charge is 0.339 e. The normalized spacial score (nSPS) is 10.3. The van der Waals surface area contributed by atoms with Gasteiger partial charge in [-0.25, -0.2) is 4.79 Å². The van der Waals surface area contributed by atoms with Crippen molar-refractivity contribution in [1.29, 1.82) is 0 Å². The zero-order chi connectivity index (χ0) is 14.7. The third-order valence-electron chi connectivity index (χ3n) is 3.07. The van der Waals surface area contributed by atoms with Gasteiger partial charge in [0, 0.05) is 0 Å². The zero-order valence-corrected chi connectivity index (χ0v) is 12.1. The van der Waals surface area contributed by atoms with Crippen molar-refractivity contribution < 1.29 is 14.6 Å². The number of carboxylic acids is 1. The summed E-state index contributed by atoms with van der Waals surface area (Å²) in [4.78, 5) is 11.2. The number of carbonyl (C=O) groups is 1. The van der Waals surface area contributed by atoms with Crippen LogP contribution in [0.25, 0.3) is 0 Å². The lowest BCUT2D eigenvalue weighted by molar-refractivity contribution is 0.0692. The molecule has 0 aliphatic rings. The van der Waals surface area contributed by atoms with Gasteiger partial charge in [0.15, 0.2) is 5.75 Å². The van der Waals surface area contributed by atoms with Crippen LogP contribution < -0.4 is 4.74 Å². The number of carboxylic acid groups (broad SMARTS) is 1. The number of aryl methyl sites for hydroxylation is 2. The lowest BCUT2D eigenvalue weighted by Gasteiger charge is -2.12. The minimum absolute atomic E-state index is 0.0720. The van der Waals surface area contributed by atoms with Gasteiger partial charge in [-0.05, 0) is 37.1 Å². The second-order valence-corrected chi connectivity index (χ2v) is 5.05. The minimum Gasteiger partial charge on any atom is -0.486 e. The van der Waals surface area contributed by atoms with Gasteiger partial charge in [-0.1, -0.05) is 41.4 Å². The Labute approximate surface area is 122 Å². The van der Waals surface area contributed by atoms with Crippen LogP contribution in [-0.2, 0) is 6.61 Å². The number of para-hydroxylation sites is 1. The third-order valence-corrected chi connectivity index (χ3v) is 3.37. The van der Waals surface area contributed by atoms with Gasteiger partial charge in [-0.3, -0.25) is 0 Å². The van der Waals surface area contributed by atoms with E-state index >= 15 is 0 Å². The predicted molar refractivity (Wildman–Crippen MR) is 78.7 cm³/mol. The highest BCUT2D eigenvalue weighted by molar-refractivity contribution is 6.32. The van der Waals surface area contributed by atoms with E-state index in [1.807, 2.05) is 32.0 Å². The van der Waals surface area contributed by atoms with Crippen molar-refractivity contribution in [3.63, 3.8) is 0 Å². The molecule has 3 nitrogen and oxygen atoms in total. The molecular weight excluding hydrogens is 276 g/mol. The number of hydrogen-bond acceptors (Lipinski definition) is 2. The van der Waals surface area contributed by atoms with Crippen LogP contribution in [0.4, 0.5) is 0 Å². The Morgan fingerprint density at radius 3 is 2.70 bits per heavy atom. The van der Waals surface area contributed by atoms with Gasteiger partial charge in [0.2, 0.25) is 0 Å². The fourth-order valence-corrected chi connectivity index (χ4v) is 2.16. The van der Waals surface area contributed by atoms with Crippen molar-refractivity contribution in [1.82, 2.24) is 0 Å². The molecule has 0 atom stereocenters. The Bertz CT molecular complexity index is 650. The number of aromatic carboxylic acids is 1. The first kappa shape index (κ1) is 14.4. The van der Waals surface area contributed by atoms with E-state index < -0.39 is 5.97 Å². The minimum atomic E-state index is -1.05. The summed E-state index contributed by atoms with van der Waals surface area (Å²) in [6.45, 7) is 4.28. The molecule has 0 aliphatic heterocycles. The van der Waals surface area contributed by atoms with Crippen molar-refractivity contribution in [2.75, 3.05) is 0 Å². The Kier molecular flexibility index (Phi) is 4.30. The molecule has 0 aliphatic carbocycles. The highest BCUT2D eigenvalue weighted by Gasteiger charge is 2.14. The lowest BCUT2D eigenvalue weighted by Crippen LogP contribution is -2.05. The predicted octanol–water partition coefficient (Wildman–Crippen LogP) is 4.23. The van der Waals surface area contributed by atoms with E-state index in [1.54, 1.807) is 12.1 Å². The maximum Gasteiger partial charge on any atom is 0.339 e. The van der Waals surface area contributed by atoms with Crippen molar-refractivity contribution >= 4 is 17.6 Å². The molecule has 0 aromatic heterocycles. The summed E-state index contributed by atoms with van der Waals surface area (Å²) in [6.07, 6.45) is 0. The first-order chi connectivity index (χ1) is 9.49. The van der Waals surface area contributed by atoms with Gasteiger partial charge < -0.3 is 9.84 Å². The van der Waals surface area contributed by atoms with Crippen LogP contribution in [0.5, 0.6) is 5.75 Å². The first-order valence-electron chi connectivity index (χ1n) is 6.20. The van der Waals surface area contributed by atoms with E-state index in [4.69, 9.17) is 21.4 Å². The molecule has 0 unspecified atom stereocenters. The Hall–Kier alpha value is -2.00. The Morgan fingerprint density at radius 2 is 2.00 bits per heavy atom. The van der Waals surface area contributed by atoms with Crippen LogP contribution in [0, 0.1) is 13.8 Å². The fourth-order valence-electron chi connectivity index (χ4n) is 1.93. The molecule has 0 radical (unpaired) electrons. The van der Waals surface area contributed by atoms with Crippen LogP contribution in [-0.4, -0.2) is 11.1 Å². The Balaban J connectivity index is 2.27. The zero-order valence-electron chi connectivity index (χ0n) is 11.3. The average Bonchev–Trinajstić information content (AvgIpc) is 2.40. The summed E-state index contributed by atoms with van der Waals surface area (Å²) in [7, 11) is 0. The maximum atomic E-state index is 11.2. The van der Waals surface area contributed by atoms with Gasteiger partial charge in [0.1, 0.15) is 12.2 Å². The summed E-state index contributed by atoms with van der Waals surface area (Å²) >= 11 is 6.02. The summed E-state index contributed by atoms with van der Waals surface area (Å²) < 4.78 is 5.64. The molecule has 104 valence electrons. The highest BCUT2D eigenvalue weighted by atomic mass is 35.5. The first-order valence-corrected chi connectivity index (χ1v) is 6.57. The van der Waals surface area contributed by atoms with Gasteiger partial charge in [0.05, 0.1) is 5.02 Å². The largest absolute Gasteiger partial charge is 0.486 e. The SMILES string of the molecule is Cc1ccc(C)c(COc2c(Cl)cccc2C(=O)O)c1. The molecule has 1 N–H and O–H groups in total. The van der Waals surface area contributed by atoms with E-state index in [0.717, 1.165) is 16.7 Å². The summed E-state index contributed by atoms with van der Waals surface area (Å²) in [5.41, 5.74) is 3.32. The van der Waals surface area contributed by atoms with E-state index in [1.165, 1.54) is 6.07 Å². The van der Waals surface area contributed by atoms with Gasteiger partial charge >= 0.3 is 5.97 Å². The molecule has 0 fully saturated rings. The van der Waals surface area contributed by atoms with E-state index in [-0.39, 0.29) is 17.9 Å². The van der Waals surface area contributed by atoms with Crippen LogP contribution in [0.3, 0.4) is 0 Å². The summed E-state index contributed by atoms with van der Waals surface area (Å²) in [5, 5.41) is 9.45. The molecule has 2 aromatic carbocycles. The quantitative estimate of drug-likeness (QED) is 0.916. The Morgan fingerprint density at radius 1 is 1.25 bits per heavy atom. The molecular formula is C16H15ClO3. The van der Waals surface area contributed by atoms with Gasteiger partial charge in [-0.2, -0.15) is 0 Å². The van der Waals surface area contributed by atoms with Crippen molar-refractivity contribution in [3.05, 3.63) is 63.7 Å². The second kappa shape index (κ2) is 5.97. The lowest BCUT2D eigenvalue weighted by atomic mass is 10.1. The van der Waals surface area contributed by atoms with Crippen LogP contribution in [0.1, 0.15) is 27.0 Å². The van der Waals surface area contributed by atoms with Crippen molar-refractivity contribution in [2.24, 2.45) is 0 Å².